The molecule has 0 fully saturated rings. The number of aryl methyl sites for hydroxylation is 1. The normalized spacial score (nSPS) is 10.0. The molecule has 1 rings (SSSR count). The number of rotatable bonds is 2. The number of aromatic nitrogens is 2. The van der Waals surface area contributed by atoms with Gasteiger partial charge in [-0.25, -0.2) is 9.36 Å². The van der Waals surface area contributed by atoms with Crippen LogP contribution in [0.3, 0.4) is 0 Å². The van der Waals surface area contributed by atoms with Crippen LogP contribution in [0.1, 0.15) is 13.8 Å². The fourth-order valence-corrected chi connectivity index (χ4v) is 1.31. The second-order valence-corrected chi connectivity index (χ2v) is 2.80. The minimum Gasteiger partial charge on any atom is -0.449 e. The molecule has 0 aliphatic rings. The third-order valence-electron chi connectivity index (χ3n) is 1.65. The number of imidazole rings is 1. The summed E-state index contributed by atoms with van der Waals surface area (Å²) >= 11 is 5.04. The van der Waals surface area contributed by atoms with Crippen molar-refractivity contribution >= 4 is 18.3 Å². The van der Waals surface area contributed by atoms with Crippen molar-refractivity contribution < 1.29 is 9.53 Å². The Balaban J connectivity index is 2.96. The van der Waals surface area contributed by atoms with E-state index in [9.17, 15) is 4.79 Å². The summed E-state index contributed by atoms with van der Waals surface area (Å²) in [5.74, 6) is 0. The maximum Gasteiger partial charge on any atom is 0.420 e. The first-order valence-corrected chi connectivity index (χ1v) is 4.56. The van der Waals surface area contributed by atoms with Crippen molar-refractivity contribution in [1.82, 2.24) is 9.13 Å². The Hall–Kier alpha value is -1.10. The van der Waals surface area contributed by atoms with Gasteiger partial charge >= 0.3 is 6.09 Å². The van der Waals surface area contributed by atoms with Gasteiger partial charge in [0, 0.05) is 18.9 Å². The molecule has 0 aliphatic heterocycles. The fourth-order valence-electron chi connectivity index (χ4n) is 0.986. The van der Waals surface area contributed by atoms with Gasteiger partial charge in [-0.05, 0) is 26.1 Å². The molecule has 0 radical (unpaired) electrons. The van der Waals surface area contributed by atoms with Crippen LogP contribution < -0.4 is 0 Å². The quantitative estimate of drug-likeness (QED) is 0.685. The Morgan fingerprint density at radius 1 is 1.54 bits per heavy atom. The maximum absolute atomic E-state index is 11.3. The lowest BCUT2D eigenvalue weighted by Gasteiger charge is -2.01. The molecule has 13 heavy (non-hydrogen) atoms. The van der Waals surface area contributed by atoms with E-state index < -0.39 is 6.09 Å². The van der Waals surface area contributed by atoms with Crippen molar-refractivity contribution in [2.75, 3.05) is 6.61 Å². The van der Waals surface area contributed by atoms with Gasteiger partial charge in [0.1, 0.15) is 0 Å². The van der Waals surface area contributed by atoms with Gasteiger partial charge in [-0.1, -0.05) is 0 Å². The Morgan fingerprint density at radius 2 is 2.23 bits per heavy atom. The molecule has 0 spiro atoms. The zero-order chi connectivity index (χ0) is 9.84. The van der Waals surface area contributed by atoms with Crippen molar-refractivity contribution in [2.45, 2.75) is 20.4 Å². The first kappa shape index (κ1) is 9.98. The van der Waals surface area contributed by atoms with E-state index in [2.05, 4.69) is 0 Å². The third-order valence-corrected chi connectivity index (χ3v) is 2.08. The predicted octanol–water partition coefficient (Wildman–Crippen LogP) is 2.04. The van der Waals surface area contributed by atoms with Gasteiger partial charge in [0.2, 0.25) is 0 Å². The molecular weight excluding hydrogens is 188 g/mol. The third kappa shape index (κ3) is 1.98. The minimum absolute atomic E-state index is 0.359. The van der Waals surface area contributed by atoms with E-state index in [0.29, 0.717) is 11.4 Å². The van der Waals surface area contributed by atoms with Crippen LogP contribution in [0, 0.1) is 4.77 Å². The standard InChI is InChI=1S/C8H12N2O2S/c1-3-9-5-6-10(7(9)13)8(11)12-4-2/h5-6H,3-4H2,1-2H3. The van der Waals surface area contributed by atoms with Gasteiger partial charge in [0.05, 0.1) is 6.61 Å². The molecular formula is C8H12N2O2S. The molecule has 1 heterocycles. The van der Waals surface area contributed by atoms with E-state index >= 15 is 0 Å². The molecule has 0 aliphatic carbocycles. The smallest absolute Gasteiger partial charge is 0.420 e. The number of carbonyl (C=O) groups is 1. The van der Waals surface area contributed by atoms with Crippen molar-refractivity contribution in [3.63, 3.8) is 0 Å². The van der Waals surface area contributed by atoms with Crippen molar-refractivity contribution in [2.24, 2.45) is 0 Å². The molecule has 0 N–H and O–H groups in total. The second-order valence-electron chi connectivity index (χ2n) is 2.44. The van der Waals surface area contributed by atoms with Crippen LogP contribution in [0.2, 0.25) is 0 Å². The summed E-state index contributed by atoms with van der Waals surface area (Å²) in [5.41, 5.74) is 0. The van der Waals surface area contributed by atoms with Gasteiger partial charge < -0.3 is 9.30 Å². The van der Waals surface area contributed by atoms with Crippen LogP contribution in [-0.4, -0.2) is 21.8 Å². The monoisotopic (exact) mass is 200 g/mol. The van der Waals surface area contributed by atoms with E-state index in [0.717, 1.165) is 6.54 Å². The highest BCUT2D eigenvalue weighted by Gasteiger charge is 2.07. The summed E-state index contributed by atoms with van der Waals surface area (Å²) < 4.78 is 8.40. The molecule has 0 unspecified atom stereocenters. The molecule has 5 heteroatoms. The summed E-state index contributed by atoms with van der Waals surface area (Å²) in [6.07, 6.45) is 2.96. The lowest BCUT2D eigenvalue weighted by atomic mass is 10.7. The van der Waals surface area contributed by atoms with Crippen LogP contribution in [0.5, 0.6) is 0 Å². The van der Waals surface area contributed by atoms with E-state index in [1.54, 1.807) is 23.9 Å². The zero-order valence-corrected chi connectivity index (χ0v) is 8.50. The Morgan fingerprint density at radius 3 is 2.69 bits per heavy atom. The van der Waals surface area contributed by atoms with Crippen molar-refractivity contribution in [1.29, 1.82) is 0 Å². The first-order chi connectivity index (χ1) is 6.20. The molecule has 0 atom stereocenters. The molecule has 1 aromatic rings. The average molecular weight is 200 g/mol. The fraction of sp³-hybridized carbons (Fsp3) is 0.500. The van der Waals surface area contributed by atoms with Gasteiger partial charge in [-0.15, -0.1) is 0 Å². The first-order valence-electron chi connectivity index (χ1n) is 4.15. The highest BCUT2D eigenvalue weighted by Crippen LogP contribution is 1.98. The van der Waals surface area contributed by atoms with E-state index in [-0.39, 0.29) is 0 Å². The van der Waals surface area contributed by atoms with E-state index in [1.165, 1.54) is 4.57 Å². The predicted molar refractivity (Wildman–Crippen MR) is 51.4 cm³/mol. The molecule has 1 aromatic heterocycles. The Labute approximate surface area is 81.7 Å². The summed E-state index contributed by atoms with van der Waals surface area (Å²) in [6.45, 7) is 4.84. The SMILES string of the molecule is CCOC(=O)n1ccn(CC)c1=S. The summed E-state index contributed by atoms with van der Waals surface area (Å²) in [7, 11) is 0. The Bertz CT molecular complexity index is 353. The second kappa shape index (κ2) is 4.23. The van der Waals surface area contributed by atoms with Crippen molar-refractivity contribution in [3.8, 4) is 0 Å². The number of carbonyl (C=O) groups excluding carboxylic acids is 1. The van der Waals surface area contributed by atoms with Gasteiger partial charge in [0.15, 0.2) is 4.77 Å². The van der Waals surface area contributed by atoms with Crippen molar-refractivity contribution in [3.05, 3.63) is 17.2 Å². The number of hydrogen-bond donors (Lipinski definition) is 0. The van der Waals surface area contributed by atoms with Gasteiger partial charge in [0.25, 0.3) is 0 Å². The highest BCUT2D eigenvalue weighted by molar-refractivity contribution is 7.71. The molecule has 72 valence electrons. The van der Waals surface area contributed by atoms with Crippen LogP contribution in [0.15, 0.2) is 12.4 Å². The average Bonchev–Trinajstić information content (AvgIpc) is 2.47. The van der Waals surface area contributed by atoms with Crippen LogP contribution in [0.4, 0.5) is 4.79 Å². The molecule has 0 aromatic carbocycles. The Kier molecular flexibility index (Phi) is 3.25. The highest BCUT2D eigenvalue weighted by atomic mass is 32.1. The maximum atomic E-state index is 11.3. The lowest BCUT2D eigenvalue weighted by molar-refractivity contribution is 0.153. The molecule has 0 saturated carbocycles. The topological polar surface area (TPSA) is 36.2 Å². The zero-order valence-electron chi connectivity index (χ0n) is 7.69. The van der Waals surface area contributed by atoms with Crippen LogP contribution in [-0.2, 0) is 11.3 Å². The minimum atomic E-state index is -0.417. The van der Waals surface area contributed by atoms with Gasteiger partial charge in [-0.3, -0.25) is 0 Å². The molecule has 0 bridgehead atoms. The largest absolute Gasteiger partial charge is 0.449 e. The molecule has 4 nitrogen and oxygen atoms in total. The van der Waals surface area contributed by atoms with E-state index in [4.69, 9.17) is 17.0 Å². The number of nitrogens with zero attached hydrogens (tertiary/aromatic N) is 2. The van der Waals surface area contributed by atoms with Crippen LogP contribution >= 0.6 is 12.2 Å². The summed E-state index contributed by atoms with van der Waals surface area (Å²) in [5, 5.41) is 0. The number of hydrogen-bond acceptors (Lipinski definition) is 3. The van der Waals surface area contributed by atoms with Gasteiger partial charge in [-0.2, -0.15) is 0 Å². The van der Waals surface area contributed by atoms with E-state index in [1.807, 2.05) is 6.92 Å². The summed E-state index contributed by atoms with van der Waals surface area (Å²) in [4.78, 5) is 11.3. The number of ether oxygens (including phenoxy) is 1. The molecule has 0 saturated heterocycles. The molecule has 0 amide bonds. The lowest BCUT2D eigenvalue weighted by Crippen LogP contribution is -2.13. The van der Waals surface area contributed by atoms with Crippen LogP contribution in [0.25, 0.3) is 0 Å². The summed E-state index contributed by atoms with van der Waals surface area (Å²) in [6, 6.07) is 0.